The van der Waals surface area contributed by atoms with Crippen LogP contribution in [0.4, 0.5) is 0 Å². The van der Waals surface area contributed by atoms with Crippen LogP contribution < -0.4 is 5.32 Å². The van der Waals surface area contributed by atoms with Crippen LogP contribution in [-0.4, -0.2) is 16.4 Å². The average Bonchev–Trinajstić information content (AvgIpc) is 2.09. The number of hydrogen-bond donors (Lipinski definition) is 1. The molecule has 70 valence electrons. The van der Waals surface area contributed by atoms with Crippen molar-refractivity contribution in [2.24, 2.45) is 5.92 Å². The number of alkyl halides is 1. The molecule has 0 saturated heterocycles. The molecule has 0 aliphatic heterocycles. The van der Waals surface area contributed by atoms with Gasteiger partial charge in [0.05, 0.1) is 4.43 Å². The predicted molar refractivity (Wildman–Crippen MR) is 58.4 cm³/mol. The molecule has 0 aromatic heterocycles. The lowest BCUT2D eigenvalue weighted by Crippen LogP contribution is -2.41. The van der Waals surface area contributed by atoms with Gasteiger partial charge in [-0.2, -0.15) is 0 Å². The van der Waals surface area contributed by atoms with Gasteiger partial charge in [-0.25, -0.2) is 0 Å². The third kappa shape index (κ3) is 2.92. The maximum Gasteiger partial charge on any atom is 0.230 e. The zero-order chi connectivity index (χ0) is 8.97. The lowest BCUT2D eigenvalue weighted by Gasteiger charge is -2.29. The second kappa shape index (κ2) is 5.04. The summed E-state index contributed by atoms with van der Waals surface area (Å²) in [5.74, 6) is 0.861. The molecule has 1 amide bonds. The summed E-state index contributed by atoms with van der Waals surface area (Å²) >= 11 is 2.10. The first-order chi connectivity index (χ1) is 5.74. The highest BCUT2D eigenvalue weighted by Crippen LogP contribution is 2.23. The maximum atomic E-state index is 11.1. The molecule has 2 atom stereocenters. The normalized spacial score (nSPS) is 29.8. The van der Waals surface area contributed by atoms with Crippen LogP contribution in [0.3, 0.4) is 0 Å². The molecule has 0 spiro atoms. The van der Waals surface area contributed by atoms with E-state index in [1.54, 1.807) is 0 Å². The zero-order valence-corrected chi connectivity index (χ0v) is 9.63. The van der Waals surface area contributed by atoms with Crippen molar-refractivity contribution in [2.45, 2.75) is 38.6 Å². The van der Waals surface area contributed by atoms with Gasteiger partial charge in [-0.3, -0.25) is 4.79 Å². The maximum absolute atomic E-state index is 11.1. The summed E-state index contributed by atoms with van der Waals surface area (Å²) in [6, 6.07) is 0.445. The quantitative estimate of drug-likeness (QED) is 0.609. The van der Waals surface area contributed by atoms with Gasteiger partial charge in [0.25, 0.3) is 0 Å². The Morgan fingerprint density at radius 3 is 2.75 bits per heavy atom. The smallest absolute Gasteiger partial charge is 0.230 e. The van der Waals surface area contributed by atoms with Crippen LogP contribution in [-0.2, 0) is 4.79 Å². The predicted octanol–water partition coefficient (Wildman–Crippen LogP) is 2.12. The molecule has 0 radical (unpaired) electrons. The Morgan fingerprint density at radius 1 is 1.50 bits per heavy atom. The van der Waals surface area contributed by atoms with E-state index >= 15 is 0 Å². The Kier molecular flexibility index (Phi) is 4.32. The molecule has 2 unspecified atom stereocenters. The van der Waals surface area contributed by atoms with Crippen molar-refractivity contribution in [3.05, 3.63) is 0 Å². The lowest BCUT2D eigenvalue weighted by molar-refractivity contribution is -0.119. The van der Waals surface area contributed by atoms with E-state index in [2.05, 4.69) is 34.8 Å². The molecular formula is C9H16INO. The number of nitrogens with one attached hydrogen (secondary N) is 1. The van der Waals surface area contributed by atoms with Crippen molar-refractivity contribution in [3.8, 4) is 0 Å². The topological polar surface area (TPSA) is 29.1 Å². The summed E-state index contributed by atoms with van der Waals surface area (Å²) in [5.41, 5.74) is 0. The van der Waals surface area contributed by atoms with Crippen molar-refractivity contribution in [3.63, 3.8) is 0 Å². The summed E-state index contributed by atoms with van der Waals surface area (Å²) < 4.78 is 0.584. The molecule has 3 heteroatoms. The molecule has 1 N–H and O–H groups in total. The highest BCUT2D eigenvalue weighted by atomic mass is 127. The molecule has 1 aliphatic rings. The average molecular weight is 281 g/mol. The molecule has 0 aromatic rings. The number of rotatable bonds is 2. The number of amides is 1. The van der Waals surface area contributed by atoms with Crippen molar-refractivity contribution in [1.82, 2.24) is 5.32 Å². The van der Waals surface area contributed by atoms with Gasteiger partial charge in [0, 0.05) is 6.04 Å². The largest absolute Gasteiger partial charge is 0.352 e. The Labute approximate surface area is 87.6 Å². The van der Waals surface area contributed by atoms with Gasteiger partial charge in [0.15, 0.2) is 0 Å². The van der Waals surface area contributed by atoms with E-state index in [1.165, 1.54) is 25.7 Å². The Morgan fingerprint density at radius 2 is 2.17 bits per heavy atom. The van der Waals surface area contributed by atoms with Crippen LogP contribution >= 0.6 is 22.6 Å². The molecule has 0 bridgehead atoms. The van der Waals surface area contributed by atoms with Crippen LogP contribution in [0, 0.1) is 5.92 Å². The summed E-state index contributed by atoms with van der Waals surface area (Å²) in [4.78, 5) is 11.1. The number of carbonyl (C=O) groups excluding carboxylic acids is 1. The van der Waals surface area contributed by atoms with Crippen LogP contribution in [0.2, 0.25) is 0 Å². The molecule has 2 nitrogen and oxygen atoms in total. The van der Waals surface area contributed by atoms with Gasteiger partial charge in [-0.1, -0.05) is 42.4 Å². The van der Waals surface area contributed by atoms with E-state index in [0.29, 0.717) is 16.4 Å². The van der Waals surface area contributed by atoms with E-state index in [9.17, 15) is 4.79 Å². The highest BCUT2D eigenvalue weighted by molar-refractivity contribution is 14.1. The molecule has 1 rings (SSSR count). The van der Waals surface area contributed by atoms with E-state index in [-0.39, 0.29) is 5.91 Å². The van der Waals surface area contributed by atoms with Crippen LogP contribution in [0.25, 0.3) is 0 Å². The fourth-order valence-corrected chi connectivity index (χ4v) is 2.00. The Balaban J connectivity index is 2.33. The van der Waals surface area contributed by atoms with E-state index in [1.807, 2.05) is 0 Å². The van der Waals surface area contributed by atoms with Crippen LogP contribution in [0.15, 0.2) is 0 Å². The molecular weight excluding hydrogens is 265 g/mol. The van der Waals surface area contributed by atoms with Crippen LogP contribution in [0.5, 0.6) is 0 Å². The van der Waals surface area contributed by atoms with Gasteiger partial charge in [-0.05, 0) is 18.8 Å². The van der Waals surface area contributed by atoms with Crippen LogP contribution in [0.1, 0.15) is 32.6 Å². The molecule has 0 aromatic carbocycles. The minimum atomic E-state index is 0.189. The minimum absolute atomic E-state index is 0.189. The second-order valence-corrected chi connectivity index (χ2v) is 4.33. The van der Waals surface area contributed by atoms with Crippen molar-refractivity contribution >= 4 is 28.5 Å². The van der Waals surface area contributed by atoms with Crippen molar-refractivity contribution in [1.29, 1.82) is 0 Å². The molecule has 1 saturated carbocycles. The Hall–Kier alpha value is 0.200. The fraction of sp³-hybridized carbons (Fsp3) is 0.889. The molecule has 0 heterocycles. The second-order valence-electron chi connectivity index (χ2n) is 3.57. The number of carbonyl (C=O) groups is 1. The van der Waals surface area contributed by atoms with Gasteiger partial charge < -0.3 is 5.32 Å². The van der Waals surface area contributed by atoms with Gasteiger partial charge >= 0.3 is 0 Å². The van der Waals surface area contributed by atoms with Crippen molar-refractivity contribution < 1.29 is 4.79 Å². The third-order valence-corrected chi connectivity index (χ3v) is 3.27. The number of hydrogen-bond acceptors (Lipinski definition) is 1. The van der Waals surface area contributed by atoms with Gasteiger partial charge in [-0.15, -0.1) is 0 Å². The monoisotopic (exact) mass is 281 g/mol. The highest BCUT2D eigenvalue weighted by Gasteiger charge is 2.21. The first-order valence-corrected chi connectivity index (χ1v) is 6.12. The number of halogens is 1. The first-order valence-electron chi connectivity index (χ1n) is 4.59. The zero-order valence-electron chi connectivity index (χ0n) is 7.48. The first kappa shape index (κ1) is 10.3. The lowest BCUT2D eigenvalue weighted by atomic mass is 9.86. The molecule has 1 aliphatic carbocycles. The summed E-state index contributed by atoms with van der Waals surface area (Å²) in [6.45, 7) is 2.23. The summed E-state index contributed by atoms with van der Waals surface area (Å²) in [7, 11) is 0. The third-order valence-electron chi connectivity index (χ3n) is 2.58. The van der Waals surface area contributed by atoms with E-state index in [0.717, 1.165) is 0 Å². The van der Waals surface area contributed by atoms with Gasteiger partial charge in [0.2, 0.25) is 5.91 Å². The summed E-state index contributed by atoms with van der Waals surface area (Å²) in [6.07, 6.45) is 5.05. The minimum Gasteiger partial charge on any atom is -0.352 e. The molecule has 12 heavy (non-hydrogen) atoms. The molecule has 1 fully saturated rings. The van der Waals surface area contributed by atoms with Gasteiger partial charge in [0.1, 0.15) is 0 Å². The standard InChI is InChI=1S/C9H16INO/c1-7-4-2-3-5-8(7)11-9(12)6-10/h7-8H,2-6H2,1H3,(H,11,12). The Bertz CT molecular complexity index is 161. The van der Waals surface area contributed by atoms with E-state index < -0.39 is 0 Å². The van der Waals surface area contributed by atoms with E-state index in [4.69, 9.17) is 0 Å². The van der Waals surface area contributed by atoms with Crippen molar-refractivity contribution in [2.75, 3.05) is 4.43 Å². The SMILES string of the molecule is CC1CCCCC1NC(=O)CI. The summed E-state index contributed by atoms with van der Waals surface area (Å²) in [5, 5.41) is 3.07. The fourth-order valence-electron chi connectivity index (χ4n) is 1.78.